The topological polar surface area (TPSA) is 66.4 Å². The number of hydrogen-bond donors (Lipinski definition) is 0. The van der Waals surface area contributed by atoms with Crippen LogP contribution in [-0.4, -0.2) is 55.6 Å². The van der Waals surface area contributed by atoms with Gasteiger partial charge in [0.2, 0.25) is 0 Å². The number of rotatable bonds is 4. The van der Waals surface area contributed by atoms with Crippen LogP contribution in [0.25, 0.3) is 0 Å². The van der Waals surface area contributed by atoms with Gasteiger partial charge in [-0.1, -0.05) is 6.92 Å². The third-order valence-electron chi connectivity index (χ3n) is 5.03. The van der Waals surface area contributed by atoms with E-state index in [1.807, 2.05) is 6.07 Å². The normalized spacial score (nSPS) is 24.8. The van der Waals surface area contributed by atoms with Gasteiger partial charge in [0.05, 0.1) is 11.5 Å². The van der Waals surface area contributed by atoms with Crippen LogP contribution in [0.2, 0.25) is 0 Å². The lowest BCUT2D eigenvalue weighted by Gasteiger charge is -2.32. The second-order valence-electron chi connectivity index (χ2n) is 6.75. The van der Waals surface area contributed by atoms with Gasteiger partial charge in [-0.15, -0.1) is 0 Å². The van der Waals surface area contributed by atoms with E-state index in [-0.39, 0.29) is 17.5 Å². The molecule has 0 N–H and O–H groups in total. The second-order valence-corrected chi connectivity index (χ2v) is 8.98. The van der Waals surface area contributed by atoms with Crippen molar-refractivity contribution in [1.29, 1.82) is 0 Å². The Kier molecular flexibility index (Phi) is 4.75. The van der Waals surface area contributed by atoms with E-state index in [0.717, 1.165) is 37.2 Å². The van der Waals surface area contributed by atoms with Gasteiger partial charge in [0.25, 0.3) is 0 Å². The van der Waals surface area contributed by atoms with E-state index in [4.69, 9.17) is 0 Å². The number of aromatic nitrogens is 2. The minimum absolute atomic E-state index is 0.0362. The molecule has 0 aliphatic carbocycles. The van der Waals surface area contributed by atoms with Gasteiger partial charge in [0.15, 0.2) is 9.84 Å². The average molecular weight is 338 g/mol. The predicted octanol–water partition coefficient (Wildman–Crippen LogP) is 1.73. The van der Waals surface area contributed by atoms with Crippen molar-refractivity contribution < 1.29 is 8.42 Å². The van der Waals surface area contributed by atoms with E-state index in [2.05, 4.69) is 33.6 Å². The lowest BCUT2D eigenvalue weighted by molar-refractivity contribution is 0.436. The molecule has 1 aromatic rings. The first kappa shape index (κ1) is 16.5. The molecule has 3 heterocycles. The monoisotopic (exact) mass is 338 g/mol. The van der Waals surface area contributed by atoms with Gasteiger partial charge in [0.1, 0.15) is 18.0 Å². The van der Waals surface area contributed by atoms with E-state index in [9.17, 15) is 8.42 Å². The first-order valence-corrected chi connectivity index (χ1v) is 10.3. The Balaban J connectivity index is 1.78. The molecule has 0 bridgehead atoms. The highest BCUT2D eigenvalue weighted by Gasteiger charge is 2.32. The number of anilines is 2. The molecule has 23 heavy (non-hydrogen) atoms. The smallest absolute Gasteiger partial charge is 0.152 e. The van der Waals surface area contributed by atoms with E-state index >= 15 is 0 Å². The van der Waals surface area contributed by atoms with Gasteiger partial charge in [0, 0.05) is 31.7 Å². The fourth-order valence-corrected chi connectivity index (χ4v) is 5.26. The largest absolute Gasteiger partial charge is 0.356 e. The zero-order valence-electron chi connectivity index (χ0n) is 14.0. The van der Waals surface area contributed by atoms with Crippen molar-refractivity contribution in [2.24, 2.45) is 5.92 Å². The SMILES string of the molecule is CCN(c1cc(N2CCC(C)CC2)ncn1)C1CCS(=O)(=O)C1. The molecule has 7 heteroatoms. The third kappa shape index (κ3) is 3.76. The van der Waals surface area contributed by atoms with Gasteiger partial charge in [-0.2, -0.15) is 0 Å². The van der Waals surface area contributed by atoms with E-state index in [0.29, 0.717) is 6.42 Å². The summed E-state index contributed by atoms with van der Waals surface area (Å²) in [6, 6.07) is 2.05. The van der Waals surface area contributed by atoms with Crippen molar-refractivity contribution >= 4 is 21.5 Å². The summed E-state index contributed by atoms with van der Waals surface area (Å²) in [5, 5.41) is 0. The van der Waals surface area contributed by atoms with Gasteiger partial charge in [-0.05, 0) is 32.1 Å². The van der Waals surface area contributed by atoms with Crippen LogP contribution in [0.15, 0.2) is 12.4 Å². The summed E-state index contributed by atoms with van der Waals surface area (Å²) in [4.78, 5) is 13.3. The fourth-order valence-electron chi connectivity index (χ4n) is 3.53. The Morgan fingerprint density at radius 1 is 1.26 bits per heavy atom. The van der Waals surface area contributed by atoms with Gasteiger partial charge in [-0.25, -0.2) is 18.4 Å². The number of hydrogen-bond acceptors (Lipinski definition) is 6. The molecular weight excluding hydrogens is 312 g/mol. The van der Waals surface area contributed by atoms with Crippen LogP contribution in [-0.2, 0) is 9.84 Å². The maximum Gasteiger partial charge on any atom is 0.152 e. The fraction of sp³-hybridized carbons (Fsp3) is 0.750. The molecule has 128 valence electrons. The maximum absolute atomic E-state index is 11.8. The highest BCUT2D eigenvalue weighted by Crippen LogP contribution is 2.26. The zero-order chi connectivity index (χ0) is 16.4. The highest BCUT2D eigenvalue weighted by molar-refractivity contribution is 7.91. The predicted molar refractivity (Wildman–Crippen MR) is 92.7 cm³/mol. The molecule has 0 saturated carbocycles. The van der Waals surface area contributed by atoms with Crippen LogP contribution in [0.3, 0.4) is 0 Å². The Hall–Kier alpha value is -1.37. The molecule has 3 rings (SSSR count). The van der Waals surface area contributed by atoms with Gasteiger partial charge < -0.3 is 9.80 Å². The first-order chi connectivity index (χ1) is 11.0. The lowest BCUT2D eigenvalue weighted by Crippen LogP contribution is -2.37. The minimum Gasteiger partial charge on any atom is -0.356 e. The zero-order valence-corrected chi connectivity index (χ0v) is 14.8. The Morgan fingerprint density at radius 3 is 2.61 bits per heavy atom. The first-order valence-electron chi connectivity index (χ1n) is 8.52. The molecule has 0 radical (unpaired) electrons. The lowest BCUT2D eigenvalue weighted by atomic mass is 9.99. The molecule has 2 aliphatic rings. The van der Waals surface area contributed by atoms with Crippen molar-refractivity contribution in [2.75, 3.05) is 40.9 Å². The Morgan fingerprint density at radius 2 is 2.00 bits per heavy atom. The minimum atomic E-state index is -2.89. The van der Waals surface area contributed by atoms with Crippen molar-refractivity contribution in [1.82, 2.24) is 9.97 Å². The summed E-state index contributed by atoms with van der Waals surface area (Å²) in [5.74, 6) is 3.11. The van der Waals surface area contributed by atoms with Gasteiger partial charge in [-0.3, -0.25) is 0 Å². The highest BCUT2D eigenvalue weighted by atomic mass is 32.2. The van der Waals surface area contributed by atoms with Crippen LogP contribution in [0, 0.1) is 5.92 Å². The summed E-state index contributed by atoms with van der Waals surface area (Å²) in [7, 11) is -2.89. The van der Waals surface area contributed by atoms with E-state index in [1.165, 1.54) is 12.8 Å². The third-order valence-corrected chi connectivity index (χ3v) is 6.78. The maximum atomic E-state index is 11.8. The Bertz CT molecular complexity index is 641. The van der Waals surface area contributed by atoms with Crippen molar-refractivity contribution in [3.05, 3.63) is 12.4 Å². The van der Waals surface area contributed by atoms with E-state index in [1.54, 1.807) is 6.33 Å². The van der Waals surface area contributed by atoms with Gasteiger partial charge >= 0.3 is 0 Å². The van der Waals surface area contributed by atoms with Crippen molar-refractivity contribution in [3.63, 3.8) is 0 Å². The van der Waals surface area contributed by atoms with Crippen LogP contribution < -0.4 is 9.80 Å². The molecule has 0 aromatic carbocycles. The Labute approximate surface area is 138 Å². The molecule has 0 amide bonds. The molecule has 2 fully saturated rings. The molecule has 2 aliphatic heterocycles. The molecule has 1 aromatic heterocycles. The van der Waals surface area contributed by atoms with Crippen LogP contribution in [0.5, 0.6) is 0 Å². The van der Waals surface area contributed by atoms with Crippen LogP contribution in [0.1, 0.15) is 33.1 Å². The summed E-state index contributed by atoms with van der Waals surface area (Å²) < 4.78 is 23.5. The second kappa shape index (κ2) is 6.63. The van der Waals surface area contributed by atoms with Crippen LogP contribution in [0.4, 0.5) is 11.6 Å². The molecule has 6 nitrogen and oxygen atoms in total. The average Bonchev–Trinajstić information content (AvgIpc) is 2.89. The quantitative estimate of drug-likeness (QED) is 0.833. The summed E-state index contributed by atoms with van der Waals surface area (Å²) in [6.45, 7) is 7.16. The molecule has 1 atom stereocenters. The van der Waals surface area contributed by atoms with E-state index < -0.39 is 9.84 Å². The molecular formula is C16H26N4O2S. The molecule has 2 saturated heterocycles. The standard InChI is InChI=1S/C16H26N4O2S/c1-3-20(14-6-9-23(21,22)11-14)16-10-15(17-12-18-16)19-7-4-13(2)5-8-19/h10,12-14H,3-9,11H2,1-2H3. The van der Waals surface area contributed by atoms with Crippen LogP contribution >= 0.6 is 0 Å². The summed E-state index contributed by atoms with van der Waals surface area (Å²) in [6.07, 6.45) is 4.68. The molecule has 1 unspecified atom stereocenters. The number of sulfone groups is 1. The van der Waals surface area contributed by atoms with Crippen molar-refractivity contribution in [2.45, 2.75) is 39.2 Å². The van der Waals surface area contributed by atoms with Crippen molar-refractivity contribution in [3.8, 4) is 0 Å². The number of nitrogens with zero attached hydrogens (tertiary/aromatic N) is 4. The summed E-state index contributed by atoms with van der Waals surface area (Å²) >= 11 is 0. The number of piperidine rings is 1. The summed E-state index contributed by atoms with van der Waals surface area (Å²) in [5.41, 5.74) is 0. The molecule has 0 spiro atoms.